The Morgan fingerprint density at radius 2 is 1.68 bits per heavy atom. The second-order valence-corrected chi connectivity index (χ2v) is 6.95. The van der Waals surface area contributed by atoms with E-state index in [9.17, 15) is 9.90 Å². The molecule has 1 N–H and O–H groups in total. The standard InChI is InChI=1S/C19H36O3/c1-3-4-8-12-17-16(14-15-18(17)20)11-9-6-5-7-10-13-19(21)22-2/h16-18,20H,3-15H2,1-2H3. The fourth-order valence-corrected chi connectivity index (χ4v) is 3.85. The smallest absolute Gasteiger partial charge is 0.305 e. The molecule has 1 aliphatic carbocycles. The fourth-order valence-electron chi connectivity index (χ4n) is 3.85. The molecule has 0 bridgehead atoms. The monoisotopic (exact) mass is 312 g/mol. The predicted octanol–water partition coefficient (Wildman–Crippen LogP) is 4.86. The Labute approximate surface area is 136 Å². The van der Waals surface area contributed by atoms with Crippen molar-refractivity contribution >= 4 is 5.97 Å². The van der Waals surface area contributed by atoms with Crippen molar-refractivity contribution in [1.82, 2.24) is 0 Å². The number of aliphatic hydroxyl groups excluding tert-OH is 1. The van der Waals surface area contributed by atoms with Gasteiger partial charge in [0.25, 0.3) is 0 Å². The number of esters is 1. The average Bonchev–Trinajstić information content (AvgIpc) is 2.87. The molecule has 0 aromatic heterocycles. The third-order valence-electron chi connectivity index (χ3n) is 5.26. The van der Waals surface area contributed by atoms with Gasteiger partial charge in [-0.2, -0.15) is 0 Å². The maximum atomic E-state index is 11.0. The molecule has 3 nitrogen and oxygen atoms in total. The van der Waals surface area contributed by atoms with Crippen LogP contribution in [-0.4, -0.2) is 24.3 Å². The summed E-state index contributed by atoms with van der Waals surface area (Å²) in [5.41, 5.74) is 0. The quantitative estimate of drug-likeness (QED) is 0.413. The summed E-state index contributed by atoms with van der Waals surface area (Å²) in [6.45, 7) is 2.24. The van der Waals surface area contributed by atoms with E-state index in [1.54, 1.807) is 0 Å². The average molecular weight is 312 g/mol. The van der Waals surface area contributed by atoms with E-state index in [0.29, 0.717) is 12.3 Å². The number of rotatable bonds is 12. The molecule has 0 spiro atoms. The normalized spacial score (nSPS) is 24.6. The van der Waals surface area contributed by atoms with Crippen LogP contribution in [0.3, 0.4) is 0 Å². The van der Waals surface area contributed by atoms with E-state index in [4.69, 9.17) is 0 Å². The molecule has 1 rings (SSSR count). The fraction of sp³-hybridized carbons (Fsp3) is 0.947. The van der Waals surface area contributed by atoms with Gasteiger partial charge in [0, 0.05) is 6.42 Å². The molecule has 0 aromatic carbocycles. The predicted molar refractivity (Wildman–Crippen MR) is 90.7 cm³/mol. The molecule has 1 saturated carbocycles. The lowest BCUT2D eigenvalue weighted by Crippen LogP contribution is -2.19. The van der Waals surface area contributed by atoms with Gasteiger partial charge in [-0.1, -0.05) is 58.3 Å². The van der Waals surface area contributed by atoms with E-state index in [1.165, 1.54) is 64.9 Å². The molecule has 0 heterocycles. The van der Waals surface area contributed by atoms with Crippen LogP contribution in [0.25, 0.3) is 0 Å². The molecule has 1 aliphatic rings. The molecule has 0 saturated heterocycles. The van der Waals surface area contributed by atoms with Crippen molar-refractivity contribution in [1.29, 1.82) is 0 Å². The van der Waals surface area contributed by atoms with Gasteiger partial charge in [0.1, 0.15) is 0 Å². The first-order valence-corrected chi connectivity index (χ1v) is 9.44. The third kappa shape index (κ3) is 7.62. The molecule has 0 aliphatic heterocycles. The molecule has 0 amide bonds. The van der Waals surface area contributed by atoms with Crippen LogP contribution in [0.2, 0.25) is 0 Å². The molecule has 3 unspecified atom stereocenters. The Balaban J connectivity index is 2.06. The molecule has 130 valence electrons. The lowest BCUT2D eigenvalue weighted by molar-refractivity contribution is -0.140. The summed E-state index contributed by atoms with van der Waals surface area (Å²) in [7, 11) is 1.45. The summed E-state index contributed by atoms with van der Waals surface area (Å²) in [6, 6.07) is 0. The molecule has 22 heavy (non-hydrogen) atoms. The number of ether oxygens (including phenoxy) is 1. The van der Waals surface area contributed by atoms with Gasteiger partial charge in [-0.15, -0.1) is 0 Å². The van der Waals surface area contributed by atoms with Gasteiger partial charge >= 0.3 is 5.97 Å². The van der Waals surface area contributed by atoms with Crippen LogP contribution in [-0.2, 0) is 9.53 Å². The summed E-state index contributed by atoms with van der Waals surface area (Å²) in [6.07, 6.45) is 14.9. The summed E-state index contributed by atoms with van der Waals surface area (Å²) in [5.74, 6) is 1.22. The maximum Gasteiger partial charge on any atom is 0.305 e. The minimum absolute atomic E-state index is 0.0399. The van der Waals surface area contributed by atoms with Gasteiger partial charge < -0.3 is 9.84 Å². The highest BCUT2D eigenvalue weighted by Crippen LogP contribution is 2.38. The van der Waals surface area contributed by atoms with Crippen LogP contribution < -0.4 is 0 Å². The summed E-state index contributed by atoms with van der Waals surface area (Å²) >= 11 is 0. The lowest BCUT2D eigenvalue weighted by atomic mass is 9.86. The van der Waals surface area contributed by atoms with Crippen LogP contribution in [0.15, 0.2) is 0 Å². The van der Waals surface area contributed by atoms with Crippen molar-refractivity contribution in [3.8, 4) is 0 Å². The number of carbonyl (C=O) groups is 1. The van der Waals surface area contributed by atoms with E-state index in [1.807, 2.05) is 0 Å². The van der Waals surface area contributed by atoms with Gasteiger partial charge in [-0.05, 0) is 37.5 Å². The van der Waals surface area contributed by atoms with E-state index < -0.39 is 0 Å². The maximum absolute atomic E-state index is 11.0. The van der Waals surface area contributed by atoms with Crippen molar-refractivity contribution < 1.29 is 14.6 Å². The van der Waals surface area contributed by atoms with Crippen molar-refractivity contribution in [2.75, 3.05) is 7.11 Å². The largest absolute Gasteiger partial charge is 0.469 e. The minimum atomic E-state index is -0.0881. The molecule has 0 aromatic rings. The van der Waals surface area contributed by atoms with Crippen LogP contribution in [0.1, 0.15) is 90.4 Å². The van der Waals surface area contributed by atoms with Gasteiger partial charge in [0.15, 0.2) is 0 Å². The molecular formula is C19H36O3. The zero-order chi connectivity index (χ0) is 16.2. The number of hydrogen-bond donors (Lipinski definition) is 1. The molecule has 3 atom stereocenters. The van der Waals surface area contributed by atoms with Crippen molar-refractivity contribution in [3.63, 3.8) is 0 Å². The van der Waals surface area contributed by atoms with Gasteiger partial charge in [0.2, 0.25) is 0 Å². The molecule has 3 heteroatoms. The molecule has 0 radical (unpaired) electrons. The highest BCUT2D eigenvalue weighted by molar-refractivity contribution is 5.68. The van der Waals surface area contributed by atoms with Crippen molar-refractivity contribution in [2.45, 2.75) is 96.5 Å². The van der Waals surface area contributed by atoms with Crippen LogP contribution >= 0.6 is 0 Å². The second-order valence-electron chi connectivity index (χ2n) is 6.95. The topological polar surface area (TPSA) is 46.5 Å². The van der Waals surface area contributed by atoms with E-state index in [-0.39, 0.29) is 12.1 Å². The Bertz CT molecular complexity index is 290. The SMILES string of the molecule is CCCCCC1C(O)CCC1CCCCCCCC(=O)OC. The Kier molecular flexibility index (Phi) is 10.6. The zero-order valence-corrected chi connectivity index (χ0v) is 14.7. The second kappa shape index (κ2) is 11.9. The van der Waals surface area contributed by atoms with Crippen LogP contribution in [0.4, 0.5) is 0 Å². The third-order valence-corrected chi connectivity index (χ3v) is 5.26. The Morgan fingerprint density at radius 3 is 2.41 bits per heavy atom. The van der Waals surface area contributed by atoms with Crippen molar-refractivity contribution in [2.24, 2.45) is 11.8 Å². The highest BCUT2D eigenvalue weighted by Gasteiger charge is 2.33. The molecule has 1 fully saturated rings. The first-order valence-electron chi connectivity index (χ1n) is 9.44. The summed E-state index contributed by atoms with van der Waals surface area (Å²) in [4.78, 5) is 11.0. The van der Waals surface area contributed by atoms with Crippen molar-refractivity contribution in [3.05, 3.63) is 0 Å². The van der Waals surface area contributed by atoms with Crippen LogP contribution in [0, 0.1) is 11.8 Å². The van der Waals surface area contributed by atoms with Gasteiger partial charge in [0.05, 0.1) is 13.2 Å². The number of carbonyl (C=O) groups excluding carboxylic acids is 1. The van der Waals surface area contributed by atoms with Crippen LogP contribution in [0.5, 0.6) is 0 Å². The number of unbranched alkanes of at least 4 members (excludes halogenated alkanes) is 6. The summed E-state index contributed by atoms with van der Waals surface area (Å²) in [5, 5.41) is 10.2. The van der Waals surface area contributed by atoms with E-state index in [0.717, 1.165) is 25.2 Å². The minimum Gasteiger partial charge on any atom is -0.469 e. The highest BCUT2D eigenvalue weighted by atomic mass is 16.5. The van der Waals surface area contributed by atoms with Gasteiger partial charge in [-0.25, -0.2) is 0 Å². The Hall–Kier alpha value is -0.570. The lowest BCUT2D eigenvalue weighted by Gasteiger charge is -2.22. The van der Waals surface area contributed by atoms with E-state index >= 15 is 0 Å². The molecular weight excluding hydrogens is 276 g/mol. The Morgan fingerprint density at radius 1 is 1.00 bits per heavy atom. The number of methoxy groups -OCH3 is 1. The van der Waals surface area contributed by atoms with E-state index in [2.05, 4.69) is 11.7 Å². The zero-order valence-electron chi connectivity index (χ0n) is 14.7. The first-order chi connectivity index (χ1) is 10.7. The van der Waals surface area contributed by atoms with Gasteiger partial charge in [-0.3, -0.25) is 4.79 Å². The first kappa shape index (κ1) is 19.5. The summed E-state index contributed by atoms with van der Waals surface area (Å²) < 4.78 is 4.64. The number of hydrogen-bond acceptors (Lipinski definition) is 3. The number of aliphatic hydroxyl groups is 1.